The largest absolute Gasteiger partial charge is 0.488 e. The van der Waals surface area contributed by atoms with Crippen LogP contribution in [0.15, 0.2) is 66.0 Å². The number of halogens is 6. The van der Waals surface area contributed by atoms with Gasteiger partial charge < -0.3 is 14.8 Å². The van der Waals surface area contributed by atoms with Crippen LogP contribution >= 0.6 is 11.3 Å². The van der Waals surface area contributed by atoms with E-state index in [1.54, 1.807) is 31.2 Å². The maximum Gasteiger partial charge on any atom is 0.416 e. The first-order valence-corrected chi connectivity index (χ1v) is 16.4. The maximum atomic E-state index is 13.1. The number of amides is 2. The Kier molecular flexibility index (Phi) is 9.79. The highest BCUT2D eigenvalue weighted by molar-refractivity contribution is 7.13. The summed E-state index contributed by atoms with van der Waals surface area (Å²) in [5.41, 5.74) is 2.43. The molecule has 3 aromatic heterocycles. The second-order valence-electron chi connectivity index (χ2n) is 11.6. The molecule has 16 heteroatoms. The summed E-state index contributed by atoms with van der Waals surface area (Å²) in [6.07, 6.45) is -8.82. The monoisotopic (exact) mass is 728 g/mol. The molecule has 2 aliphatic rings. The first kappa shape index (κ1) is 35.4. The van der Waals surface area contributed by atoms with Crippen LogP contribution in [-0.2, 0) is 12.4 Å². The molecule has 0 unspecified atom stereocenters. The van der Waals surface area contributed by atoms with E-state index in [1.165, 1.54) is 28.4 Å². The molecule has 0 saturated heterocycles. The molecular weight excluding hydrogens is 698 g/mol. The number of benzene rings is 2. The van der Waals surface area contributed by atoms with Crippen molar-refractivity contribution in [3.05, 3.63) is 94.0 Å². The average Bonchev–Trinajstić information content (AvgIpc) is 3.51. The van der Waals surface area contributed by atoms with E-state index in [4.69, 9.17) is 9.47 Å². The molecule has 2 aliphatic heterocycles. The fourth-order valence-corrected chi connectivity index (χ4v) is 6.09. The molecule has 0 radical (unpaired) electrons. The molecule has 2 N–H and O–H groups in total. The first-order chi connectivity index (χ1) is 24.2. The van der Waals surface area contributed by atoms with Gasteiger partial charge in [0.15, 0.2) is 28.3 Å². The van der Waals surface area contributed by atoms with Crippen molar-refractivity contribution in [2.75, 3.05) is 41.8 Å². The maximum absolute atomic E-state index is 13.1. The minimum absolute atomic E-state index is 0.252. The zero-order chi connectivity index (χ0) is 36.5. The molecule has 5 aromatic rings. The van der Waals surface area contributed by atoms with E-state index >= 15 is 0 Å². The fraction of sp³-hybridized carbons (Fsp3) is 0.257. The average molecular weight is 729 g/mol. The van der Waals surface area contributed by atoms with E-state index in [0.29, 0.717) is 63.7 Å². The van der Waals surface area contributed by atoms with Crippen LogP contribution in [0.5, 0.6) is 11.5 Å². The summed E-state index contributed by atoms with van der Waals surface area (Å²) >= 11 is 1.30. The number of nitrogens with zero attached hydrogens (tertiary/aromatic N) is 4. The molecule has 0 spiro atoms. The van der Waals surface area contributed by atoms with Crippen molar-refractivity contribution in [3.8, 4) is 34.0 Å². The van der Waals surface area contributed by atoms with Gasteiger partial charge in [-0.05, 0) is 68.3 Å². The highest BCUT2D eigenvalue weighted by Crippen LogP contribution is 2.39. The minimum Gasteiger partial charge on any atom is -0.488 e. The highest BCUT2D eigenvalue weighted by atomic mass is 32.1. The van der Waals surface area contributed by atoms with Crippen molar-refractivity contribution in [3.63, 3.8) is 0 Å². The van der Waals surface area contributed by atoms with Gasteiger partial charge in [0.1, 0.15) is 13.2 Å². The second kappa shape index (κ2) is 14.1. The van der Waals surface area contributed by atoms with Crippen LogP contribution in [0.2, 0.25) is 0 Å². The third-order valence-electron chi connectivity index (χ3n) is 7.81. The number of ether oxygens (including phenoxy) is 2. The molecule has 0 atom stereocenters. The predicted octanol–water partition coefficient (Wildman–Crippen LogP) is 9.15. The lowest BCUT2D eigenvalue weighted by Crippen LogP contribution is -2.41. The van der Waals surface area contributed by atoms with E-state index in [9.17, 15) is 31.1 Å². The number of carbonyl (C=O) groups excluding carboxylic acids is 1. The Morgan fingerprint density at radius 1 is 0.804 bits per heavy atom. The van der Waals surface area contributed by atoms with Crippen LogP contribution < -0.4 is 25.0 Å². The van der Waals surface area contributed by atoms with E-state index in [-0.39, 0.29) is 19.0 Å². The quantitative estimate of drug-likeness (QED) is 0.179. The van der Waals surface area contributed by atoms with E-state index in [1.807, 2.05) is 19.2 Å². The molecule has 9 nitrogen and oxygen atoms in total. The summed E-state index contributed by atoms with van der Waals surface area (Å²) in [5.74, 6) is 1.94. The summed E-state index contributed by atoms with van der Waals surface area (Å²) < 4.78 is 88.9. The SMILES string of the molecule is Cc1cc(-c2cccc(C(F)(F)F)c2)nc2c1OCCN2.Cc1csc(NC(=O)N2CCOc3c(C)cc(-c4cccc(C(F)(F)F)c4)nc32)n1. The van der Waals surface area contributed by atoms with Gasteiger partial charge in [-0.25, -0.2) is 19.7 Å². The summed E-state index contributed by atoms with van der Waals surface area (Å²) in [5, 5.41) is 8.10. The van der Waals surface area contributed by atoms with Crippen molar-refractivity contribution in [1.29, 1.82) is 0 Å². The van der Waals surface area contributed by atoms with Gasteiger partial charge in [0.05, 0.1) is 41.3 Å². The Balaban J connectivity index is 0.000000187. The number of nitrogens with one attached hydrogen (secondary N) is 2. The van der Waals surface area contributed by atoms with E-state index in [2.05, 4.69) is 25.6 Å². The molecule has 2 amide bonds. The van der Waals surface area contributed by atoms with Crippen LogP contribution in [0.25, 0.3) is 22.5 Å². The molecular formula is C35H30F6N6O3S. The van der Waals surface area contributed by atoms with Crippen molar-refractivity contribution in [2.24, 2.45) is 0 Å². The zero-order valence-corrected chi connectivity index (χ0v) is 28.2. The van der Waals surface area contributed by atoms with Gasteiger partial charge in [0, 0.05) is 16.5 Å². The normalized spacial score (nSPS) is 13.8. The number of alkyl halides is 6. The lowest BCUT2D eigenvalue weighted by Gasteiger charge is -2.29. The van der Waals surface area contributed by atoms with Crippen molar-refractivity contribution in [1.82, 2.24) is 15.0 Å². The Bertz CT molecular complexity index is 2080. The van der Waals surface area contributed by atoms with Gasteiger partial charge in [0.25, 0.3) is 0 Å². The summed E-state index contributed by atoms with van der Waals surface area (Å²) in [6.45, 7) is 7.16. The molecule has 0 aliphatic carbocycles. The third-order valence-corrected chi connectivity index (χ3v) is 8.68. The number of aryl methyl sites for hydroxylation is 3. The number of carbonyl (C=O) groups is 1. The molecule has 0 fully saturated rings. The predicted molar refractivity (Wildman–Crippen MR) is 182 cm³/mol. The van der Waals surface area contributed by atoms with E-state index in [0.717, 1.165) is 35.5 Å². The number of anilines is 3. The molecule has 0 bridgehead atoms. The molecule has 0 saturated carbocycles. The number of aromatic nitrogens is 3. The summed E-state index contributed by atoms with van der Waals surface area (Å²) in [6, 6.07) is 13.1. The summed E-state index contributed by atoms with van der Waals surface area (Å²) in [7, 11) is 0. The van der Waals surface area contributed by atoms with Crippen LogP contribution in [0.1, 0.15) is 27.9 Å². The smallest absolute Gasteiger partial charge is 0.416 e. The van der Waals surface area contributed by atoms with Crippen LogP contribution in [0, 0.1) is 20.8 Å². The third kappa shape index (κ3) is 8.01. The van der Waals surface area contributed by atoms with Crippen LogP contribution in [0.3, 0.4) is 0 Å². The lowest BCUT2D eigenvalue weighted by molar-refractivity contribution is -0.138. The van der Waals surface area contributed by atoms with Crippen molar-refractivity contribution in [2.45, 2.75) is 33.1 Å². The standard InChI is InChI=1S/C20H17F3N4O2S.C15H13F3N2O/c1-11-8-15(13-4-3-5-14(9-13)20(21,22)23)25-17-16(11)29-7-6-27(17)19(28)26-18-24-12(2)10-30-18;1-9-7-12(20-14-13(9)21-6-5-19-14)10-3-2-4-11(8-10)15(16,17)18/h3-5,8-10H,6-7H2,1-2H3,(H,24,26,28);2-4,7-8H,5-6H2,1H3,(H,19,20). The first-order valence-electron chi connectivity index (χ1n) is 15.6. The topological polar surface area (TPSA) is 102 Å². The van der Waals surface area contributed by atoms with Gasteiger partial charge in [-0.3, -0.25) is 10.2 Å². The van der Waals surface area contributed by atoms with Crippen molar-refractivity contribution >= 4 is 34.1 Å². The number of pyridine rings is 2. The Hall–Kier alpha value is -5.38. The number of hydrogen-bond acceptors (Lipinski definition) is 8. The number of fused-ring (bicyclic) bond motifs is 2. The van der Waals surface area contributed by atoms with Crippen LogP contribution in [0.4, 0.5) is 47.9 Å². The van der Waals surface area contributed by atoms with Gasteiger partial charge in [-0.2, -0.15) is 26.3 Å². The molecule has 5 heterocycles. The number of rotatable bonds is 3. The second-order valence-corrected chi connectivity index (χ2v) is 12.5. The fourth-order valence-electron chi connectivity index (χ4n) is 5.41. The van der Waals surface area contributed by atoms with Gasteiger partial charge in [-0.1, -0.05) is 24.3 Å². The molecule has 51 heavy (non-hydrogen) atoms. The van der Waals surface area contributed by atoms with Crippen molar-refractivity contribution < 1.29 is 40.6 Å². The van der Waals surface area contributed by atoms with Crippen LogP contribution in [-0.4, -0.2) is 47.3 Å². The lowest BCUT2D eigenvalue weighted by atomic mass is 10.1. The Morgan fingerprint density at radius 3 is 1.98 bits per heavy atom. The highest BCUT2D eigenvalue weighted by Gasteiger charge is 2.32. The van der Waals surface area contributed by atoms with Gasteiger partial charge >= 0.3 is 18.4 Å². The molecule has 2 aromatic carbocycles. The van der Waals surface area contributed by atoms with E-state index < -0.39 is 29.5 Å². The zero-order valence-electron chi connectivity index (χ0n) is 27.4. The number of thiazole rings is 1. The van der Waals surface area contributed by atoms with Gasteiger partial charge in [0.2, 0.25) is 0 Å². The number of urea groups is 1. The minimum atomic E-state index is -4.46. The molecule has 266 valence electrons. The Morgan fingerprint density at radius 2 is 1.39 bits per heavy atom. The van der Waals surface area contributed by atoms with Gasteiger partial charge in [-0.15, -0.1) is 11.3 Å². The Labute approximate surface area is 292 Å². The summed E-state index contributed by atoms with van der Waals surface area (Å²) in [4.78, 5) is 27.3. The number of hydrogen-bond donors (Lipinski definition) is 2. The molecule has 7 rings (SSSR count).